The van der Waals surface area contributed by atoms with Crippen LogP contribution in [0, 0.1) is 32.6 Å². The molecule has 9 aromatic rings. The van der Waals surface area contributed by atoms with E-state index in [2.05, 4.69) is 262 Å². The average Bonchev–Trinajstić information content (AvgIpc) is 3.86. The maximum absolute atomic E-state index is 7.03. The number of aryl methyl sites for hydroxylation is 2. The Labute approximate surface area is 430 Å². The molecule has 0 unspecified atom stereocenters. The Morgan fingerprint density at radius 1 is 0.486 bits per heavy atom. The van der Waals surface area contributed by atoms with Crippen LogP contribution in [0.15, 0.2) is 158 Å². The summed E-state index contributed by atoms with van der Waals surface area (Å²) in [5, 5.41) is 2.21. The van der Waals surface area contributed by atoms with Crippen LogP contribution in [0.2, 0.25) is 0 Å². The van der Waals surface area contributed by atoms with E-state index in [4.69, 9.17) is 9.72 Å². The number of para-hydroxylation sites is 1. The summed E-state index contributed by atoms with van der Waals surface area (Å²) in [5.41, 5.74) is 15.4. The molecule has 0 amide bonds. The fraction of sp³-hybridized carbons (Fsp3) is 0.250. The van der Waals surface area contributed by atoms with Crippen molar-refractivity contribution < 1.29 is 25.8 Å². The van der Waals surface area contributed by atoms with Crippen molar-refractivity contribution in [3.63, 3.8) is 0 Å². The van der Waals surface area contributed by atoms with Gasteiger partial charge in [-0.05, 0) is 117 Å². The summed E-state index contributed by atoms with van der Waals surface area (Å²) >= 11 is 0. The van der Waals surface area contributed by atoms with Crippen molar-refractivity contribution in [2.45, 2.75) is 105 Å². The number of ether oxygens (including phenoxy) is 1. The molecule has 0 fully saturated rings. The number of hydrogen-bond donors (Lipinski definition) is 0. The topological polar surface area (TPSA) is 33.5 Å². The minimum absolute atomic E-state index is 0. The van der Waals surface area contributed by atoms with Gasteiger partial charge in [0, 0.05) is 66.8 Å². The molecule has 1 aliphatic heterocycles. The van der Waals surface area contributed by atoms with Crippen LogP contribution in [0.5, 0.6) is 11.5 Å². The van der Waals surface area contributed by atoms with E-state index < -0.39 is 0 Å². The van der Waals surface area contributed by atoms with Crippen LogP contribution in [-0.2, 0) is 42.7 Å². The van der Waals surface area contributed by atoms with Crippen LogP contribution in [0.1, 0.15) is 114 Å². The molecule has 70 heavy (non-hydrogen) atoms. The minimum Gasteiger partial charge on any atom is -0.509 e. The predicted molar refractivity (Wildman–Crippen MR) is 288 cm³/mol. The molecule has 0 radical (unpaired) electrons. The third-order valence-corrected chi connectivity index (χ3v) is 14.5. The second-order valence-electron chi connectivity index (χ2n) is 22.1. The first-order valence-electron chi connectivity index (χ1n) is 24.3. The number of rotatable bonds is 9. The summed E-state index contributed by atoms with van der Waals surface area (Å²) in [6, 6.07) is 62.2. The second kappa shape index (κ2) is 18.1. The summed E-state index contributed by atoms with van der Waals surface area (Å²) in [6.45, 7) is 29.6. The van der Waals surface area contributed by atoms with Gasteiger partial charge >= 0.3 is 0 Å². The Bertz CT molecular complexity index is 3360. The first kappa shape index (κ1) is 48.6. The van der Waals surface area contributed by atoms with E-state index in [0.717, 1.165) is 55.9 Å². The quantitative estimate of drug-likeness (QED) is 0.135. The van der Waals surface area contributed by atoms with E-state index in [1.165, 1.54) is 38.9 Å². The first-order chi connectivity index (χ1) is 32.8. The van der Waals surface area contributed by atoms with Crippen molar-refractivity contribution in [1.82, 2.24) is 9.55 Å². The molecule has 1 aliphatic rings. The molecule has 7 aromatic carbocycles. The molecule has 0 atom stereocenters. The van der Waals surface area contributed by atoms with Crippen molar-refractivity contribution in [2.24, 2.45) is 0 Å². The van der Waals surface area contributed by atoms with Crippen LogP contribution in [0.3, 0.4) is 0 Å². The second-order valence-corrected chi connectivity index (χ2v) is 22.1. The van der Waals surface area contributed by atoms with Gasteiger partial charge in [-0.1, -0.05) is 160 Å². The number of hydrogen-bond acceptors (Lipinski definition) is 4. The van der Waals surface area contributed by atoms with Gasteiger partial charge in [0.05, 0.1) is 0 Å². The standard InChI is InChI=1S/C64H63N4O.Pt/c1-42-31-58-59(32-43(42)2)67(41-66(58)50-34-47(61(3,4)5)33-48(35-50)62(6,7)8)51-36-49(64(11,12)45-23-17-14-18-24-45)37-53(39-51)69-52-27-28-55-54-25-19-20-26-56(54)68(57(55)40-52)60-38-46(29-30-65-60)63(9,10)44-21-15-13-16-22-44;/h13-38,41H,1-12H3;/q-3;. The average molecular weight is 1100 g/mol. The van der Waals surface area contributed by atoms with Crippen LogP contribution in [0.4, 0.5) is 22.7 Å². The number of fused-ring (bicyclic) bond motifs is 4. The van der Waals surface area contributed by atoms with E-state index in [0.29, 0.717) is 11.5 Å². The van der Waals surface area contributed by atoms with Gasteiger partial charge in [0.15, 0.2) is 0 Å². The van der Waals surface area contributed by atoms with Crippen molar-refractivity contribution in [1.29, 1.82) is 0 Å². The first-order valence-corrected chi connectivity index (χ1v) is 24.3. The van der Waals surface area contributed by atoms with Crippen LogP contribution >= 0.6 is 0 Å². The van der Waals surface area contributed by atoms with Crippen molar-refractivity contribution in [3.05, 3.63) is 221 Å². The number of pyridine rings is 1. The van der Waals surface area contributed by atoms with Gasteiger partial charge in [0.2, 0.25) is 0 Å². The smallest absolute Gasteiger partial charge is 0.135 e. The summed E-state index contributed by atoms with van der Waals surface area (Å²) in [6.07, 6.45) is 1.93. The molecule has 0 spiro atoms. The summed E-state index contributed by atoms with van der Waals surface area (Å²) in [5.74, 6) is 2.03. The van der Waals surface area contributed by atoms with Crippen molar-refractivity contribution in [3.8, 4) is 17.3 Å². The van der Waals surface area contributed by atoms with E-state index in [9.17, 15) is 0 Å². The number of aromatic nitrogens is 2. The van der Waals surface area contributed by atoms with Gasteiger partial charge in [-0.15, -0.1) is 53.6 Å². The zero-order valence-corrected chi connectivity index (χ0v) is 44.9. The molecule has 5 nitrogen and oxygen atoms in total. The largest absolute Gasteiger partial charge is 0.509 e. The predicted octanol–water partition coefficient (Wildman–Crippen LogP) is 16.8. The molecule has 3 heterocycles. The molecule has 6 heteroatoms. The Hall–Kier alpha value is -6.42. The number of anilines is 4. The fourth-order valence-electron chi connectivity index (χ4n) is 9.76. The monoisotopic (exact) mass is 1100 g/mol. The van der Waals surface area contributed by atoms with E-state index in [1.54, 1.807) is 0 Å². The molecule has 0 bridgehead atoms. The van der Waals surface area contributed by atoms with E-state index in [-0.39, 0.29) is 42.7 Å². The van der Waals surface area contributed by atoms with Gasteiger partial charge < -0.3 is 19.1 Å². The van der Waals surface area contributed by atoms with Gasteiger partial charge in [-0.25, -0.2) is 4.98 Å². The number of nitrogens with zero attached hydrogens (tertiary/aromatic N) is 4. The van der Waals surface area contributed by atoms with Crippen LogP contribution in [-0.4, -0.2) is 9.55 Å². The third kappa shape index (κ3) is 8.87. The Morgan fingerprint density at radius 3 is 1.67 bits per heavy atom. The summed E-state index contributed by atoms with van der Waals surface area (Å²) in [7, 11) is 0. The normalized spacial score (nSPS) is 13.2. The van der Waals surface area contributed by atoms with Gasteiger partial charge in [-0.2, -0.15) is 6.07 Å². The van der Waals surface area contributed by atoms with Crippen molar-refractivity contribution in [2.75, 3.05) is 9.80 Å². The molecule has 2 aromatic heterocycles. The minimum atomic E-state index is -0.373. The van der Waals surface area contributed by atoms with Gasteiger partial charge in [0.1, 0.15) is 5.82 Å². The molecule has 0 aliphatic carbocycles. The zero-order valence-electron chi connectivity index (χ0n) is 42.6. The van der Waals surface area contributed by atoms with E-state index >= 15 is 0 Å². The Balaban J connectivity index is 0.00000608. The summed E-state index contributed by atoms with van der Waals surface area (Å²) in [4.78, 5) is 9.65. The van der Waals surface area contributed by atoms with Crippen molar-refractivity contribution >= 4 is 44.6 Å². The maximum Gasteiger partial charge on any atom is 0.135 e. The molecular formula is C64H63N4OPt-3. The van der Waals surface area contributed by atoms with Gasteiger partial charge in [0.25, 0.3) is 0 Å². The third-order valence-electron chi connectivity index (χ3n) is 14.5. The number of benzene rings is 7. The molecular weight excluding hydrogens is 1040 g/mol. The van der Waals surface area contributed by atoms with Crippen LogP contribution in [0.25, 0.3) is 27.6 Å². The van der Waals surface area contributed by atoms with Crippen LogP contribution < -0.4 is 14.5 Å². The SMILES string of the molecule is Cc1cc2c(cc1C)N(c1cc(C(C)(C)C)cc(C(C)(C)C)c1)[CH-]N2c1[c-]c(Oc2[c-]c3c(cc2)c2ccccc2n3-c2cc(C(C)(C)c3ccccc3)ccn2)cc(C(C)(C)c2ccccc2)c1.[Pt]. The van der Waals surface area contributed by atoms with Gasteiger partial charge in [-0.3, -0.25) is 0 Å². The molecule has 0 N–H and O–H groups in total. The Morgan fingerprint density at radius 2 is 1.06 bits per heavy atom. The molecule has 10 rings (SSSR count). The molecule has 0 saturated carbocycles. The maximum atomic E-state index is 7.03. The molecule has 0 saturated heterocycles. The Kier molecular flexibility index (Phi) is 12.5. The molecule has 358 valence electrons. The summed E-state index contributed by atoms with van der Waals surface area (Å²) < 4.78 is 9.25. The fourth-order valence-corrected chi connectivity index (χ4v) is 9.76. The van der Waals surface area contributed by atoms with E-state index in [1.807, 2.05) is 12.3 Å². The zero-order chi connectivity index (χ0) is 48.6.